The van der Waals surface area contributed by atoms with Crippen molar-refractivity contribution in [1.29, 1.82) is 0 Å². The van der Waals surface area contributed by atoms with Crippen LogP contribution in [0, 0.1) is 0 Å². The summed E-state index contributed by atoms with van der Waals surface area (Å²) < 4.78 is 2.50. The minimum absolute atomic E-state index is 0. The molecule has 0 unspecified atom stereocenters. The fourth-order valence-electron chi connectivity index (χ4n) is 0.875. The fraction of sp³-hybridized carbons (Fsp3) is 1.00. The monoisotopic (exact) mass is 165 g/mol. The van der Waals surface area contributed by atoms with Gasteiger partial charge in [-0.15, -0.1) is 12.4 Å². The maximum Gasteiger partial charge on any atom is 0.321 e. The molecule has 0 saturated heterocycles. The summed E-state index contributed by atoms with van der Waals surface area (Å²) in [6.45, 7) is 7.08. The van der Waals surface area contributed by atoms with E-state index in [4.69, 9.17) is 0 Å². The maximum atomic E-state index is 2.50. The van der Waals surface area contributed by atoms with Crippen molar-refractivity contribution in [3.05, 3.63) is 0 Å². The molecule has 0 radical (unpaired) electrons. The van der Waals surface area contributed by atoms with Crippen LogP contribution in [0.5, 0.6) is 0 Å². The Bertz CT molecular complexity index is 46.3. The summed E-state index contributed by atoms with van der Waals surface area (Å²) in [6.07, 6.45) is 2.62. The lowest BCUT2D eigenvalue weighted by molar-refractivity contribution is 0.450. The van der Waals surface area contributed by atoms with Crippen molar-refractivity contribution in [3.8, 4) is 0 Å². The van der Waals surface area contributed by atoms with Crippen LogP contribution >= 0.6 is 12.4 Å². The first-order valence-corrected chi connectivity index (χ1v) is 4.39. The van der Waals surface area contributed by atoms with Gasteiger partial charge >= 0.3 is 16.5 Å². The minimum Gasteiger partial charge on any atom is -0.390 e. The first kappa shape index (κ1) is 12.5. The van der Waals surface area contributed by atoms with Crippen molar-refractivity contribution < 1.29 is 0 Å². The Hall–Kier alpha value is 0.782. The van der Waals surface area contributed by atoms with Gasteiger partial charge in [-0.05, 0) is 25.9 Å². The molecule has 0 aromatic rings. The maximum absolute atomic E-state index is 2.50. The molecule has 0 fully saturated rings. The van der Waals surface area contributed by atoms with E-state index in [1.807, 2.05) is 0 Å². The van der Waals surface area contributed by atoms with E-state index < -0.39 is 0 Å². The average Bonchev–Trinajstić information content (AvgIpc) is 1.68. The Morgan fingerprint density at radius 1 is 1.11 bits per heavy atom. The topological polar surface area (TPSA) is 3.24 Å². The number of nitrogens with zero attached hydrogens (tertiary/aromatic N) is 1. The van der Waals surface area contributed by atoms with Crippen molar-refractivity contribution in [1.82, 2.24) is 3.88 Å². The highest BCUT2D eigenvalue weighted by atomic mass is 35.5. The van der Waals surface area contributed by atoms with Gasteiger partial charge in [0.25, 0.3) is 0 Å². The molecule has 0 rings (SSSR count). The van der Waals surface area contributed by atoms with Gasteiger partial charge in [-0.2, -0.15) is 0 Å². The largest absolute Gasteiger partial charge is 0.390 e. The van der Waals surface area contributed by atoms with E-state index in [1.165, 1.54) is 42.4 Å². The second kappa shape index (κ2) is 8.78. The van der Waals surface area contributed by atoms with Crippen molar-refractivity contribution in [3.63, 3.8) is 0 Å². The van der Waals surface area contributed by atoms with Gasteiger partial charge in [0, 0.05) is 0 Å². The highest BCUT2D eigenvalue weighted by Crippen LogP contribution is 1.86. The first-order valence-electron chi connectivity index (χ1n) is 3.49. The SMILES string of the molecule is CCC[N]([AlH2])CCC.Cl. The highest BCUT2D eigenvalue weighted by Gasteiger charge is 1.90. The lowest BCUT2D eigenvalue weighted by atomic mass is 10.4. The molecule has 0 aliphatic heterocycles. The summed E-state index contributed by atoms with van der Waals surface area (Å²) in [5.74, 6) is 0. The lowest BCUT2D eigenvalue weighted by Crippen LogP contribution is -2.21. The normalized spacial score (nSPS) is 9.22. The molecular weight excluding hydrogens is 149 g/mol. The molecule has 0 N–H and O–H groups in total. The zero-order chi connectivity index (χ0) is 6.41. The van der Waals surface area contributed by atoms with E-state index in [2.05, 4.69) is 17.7 Å². The van der Waals surface area contributed by atoms with E-state index in [0.717, 1.165) is 0 Å². The number of halogens is 1. The van der Waals surface area contributed by atoms with E-state index in [9.17, 15) is 0 Å². The van der Waals surface area contributed by atoms with Crippen molar-refractivity contribution in [2.75, 3.05) is 13.1 Å². The Labute approximate surface area is 72.9 Å². The molecule has 0 heterocycles. The van der Waals surface area contributed by atoms with Crippen LogP contribution in [0.4, 0.5) is 0 Å². The third-order valence-electron chi connectivity index (χ3n) is 1.21. The van der Waals surface area contributed by atoms with Crippen LogP contribution in [-0.4, -0.2) is 33.5 Å². The summed E-state index contributed by atoms with van der Waals surface area (Å²) in [5.41, 5.74) is 0. The molecule has 0 spiro atoms. The van der Waals surface area contributed by atoms with Crippen LogP contribution < -0.4 is 0 Å². The van der Waals surface area contributed by atoms with Gasteiger partial charge in [0.15, 0.2) is 0 Å². The standard InChI is InChI=1S/C6H14N.Al.ClH.2H/c1-3-5-7-6-4-2;;;;/h3-6H2,1-2H3;;1H;;/q-1;+1;;;. The Kier molecular flexibility index (Phi) is 12.2. The Morgan fingerprint density at radius 3 is 1.67 bits per heavy atom. The third kappa shape index (κ3) is 8.78. The summed E-state index contributed by atoms with van der Waals surface area (Å²) >= 11 is 1.24. The number of hydrogen-bond donors (Lipinski definition) is 0. The third-order valence-corrected chi connectivity index (χ3v) is 2.11. The van der Waals surface area contributed by atoms with Crippen LogP contribution in [0.3, 0.4) is 0 Å². The van der Waals surface area contributed by atoms with Crippen molar-refractivity contribution in [2.45, 2.75) is 26.7 Å². The van der Waals surface area contributed by atoms with Gasteiger partial charge in [0.1, 0.15) is 0 Å². The van der Waals surface area contributed by atoms with Gasteiger partial charge in [-0.1, -0.05) is 13.8 Å². The summed E-state index contributed by atoms with van der Waals surface area (Å²) in [4.78, 5) is 0. The fourth-order valence-corrected chi connectivity index (χ4v) is 1.77. The van der Waals surface area contributed by atoms with Gasteiger partial charge in [-0.3, -0.25) is 0 Å². The Balaban J connectivity index is 0. The zero-order valence-electron chi connectivity index (χ0n) is 6.68. The van der Waals surface area contributed by atoms with Crippen molar-refractivity contribution in [2.24, 2.45) is 0 Å². The molecule has 0 aromatic heterocycles. The summed E-state index contributed by atoms with van der Waals surface area (Å²) in [6, 6.07) is 0. The molecule has 1 nitrogen and oxygen atoms in total. The van der Waals surface area contributed by atoms with E-state index in [-0.39, 0.29) is 12.4 Å². The second-order valence-electron chi connectivity index (χ2n) is 2.30. The smallest absolute Gasteiger partial charge is 0.321 e. The van der Waals surface area contributed by atoms with Crippen LogP contribution in [-0.2, 0) is 0 Å². The summed E-state index contributed by atoms with van der Waals surface area (Å²) in [5, 5.41) is 0. The minimum atomic E-state index is 0. The highest BCUT2D eigenvalue weighted by molar-refractivity contribution is 6.04. The Morgan fingerprint density at radius 2 is 1.44 bits per heavy atom. The number of hydrogen-bond acceptors (Lipinski definition) is 1. The molecule has 0 aliphatic carbocycles. The molecule has 9 heavy (non-hydrogen) atoms. The molecule has 0 aliphatic rings. The van der Waals surface area contributed by atoms with Gasteiger partial charge in [0.2, 0.25) is 0 Å². The molecule has 56 valence electrons. The average molecular weight is 166 g/mol. The number of rotatable bonds is 4. The van der Waals surface area contributed by atoms with Gasteiger partial charge in [0.05, 0.1) is 0 Å². The van der Waals surface area contributed by atoms with E-state index in [0.29, 0.717) is 0 Å². The second-order valence-corrected chi connectivity index (χ2v) is 3.57. The lowest BCUT2D eigenvalue weighted by Gasteiger charge is -2.14. The predicted molar refractivity (Wildman–Crippen MR) is 47.9 cm³/mol. The molecule has 0 bridgehead atoms. The van der Waals surface area contributed by atoms with E-state index in [1.54, 1.807) is 0 Å². The molecule has 0 atom stereocenters. The molecule has 3 heteroatoms. The predicted octanol–water partition coefficient (Wildman–Crippen LogP) is 1.08. The van der Waals surface area contributed by atoms with Gasteiger partial charge < -0.3 is 3.88 Å². The van der Waals surface area contributed by atoms with Crippen molar-refractivity contribution >= 4 is 28.9 Å². The molecular formula is C6H17AlClN. The first-order chi connectivity index (χ1) is 3.81. The van der Waals surface area contributed by atoms with Crippen LogP contribution in [0.2, 0.25) is 0 Å². The molecule has 0 saturated carbocycles. The zero-order valence-corrected chi connectivity index (χ0v) is 9.50. The molecule has 0 aromatic carbocycles. The summed E-state index contributed by atoms with van der Waals surface area (Å²) in [7, 11) is 0. The van der Waals surface area contributed by atoms with E-state index >= 15 is 0 Å². The van der Waals surface area contributed by atoms with Crippen LogP contribution in [0.1, 0.15) is 26.7 Å². The molecule has 0 amide bonds. The quantitative estimate of drug-likeness (QED) is 0.564. The van der Waals surface area contributed by atoms with Crippen LogP contribution in [0.15, 0.2) is 0 Å². The van der Waals surface area contributed by atoms with Gasteiger partial charge in [-0.25, -0.2) is 0 Å². The van der Waals surface area contributed by atoms with Crippen LogP contribution in [0.25, 0.3) is 0 Å².